The highest BCUT2D eigenvalue weighted by molar-refractivity contribution is 6.31. The molecular weight excluding hydrogens is 410 g/mol. The van der Waals surface area contributed by atoms with E-state index in [-0.39, 0.29) is 0 Å². The van der Waals surface area contributed by atoms with Gasteiger partial charge in [0.15, 0.2) is 0 Å². The summed E-state index contributed by atoms with van der Waals surface area (Å²) in [5.41, 5.74) is 3.98. The summed E-state index contributed by atoms with van der Waals surface area (Å²) in [5, 5.41) is -0.456. The van der Waals surface area contributed by atoms with E-state index in [1.54, 1.807) is 0 Å². The van der Waals surface area contributed by atoms with E-state index >= 15 is 0 Å². The molecule has 0 radical (unpaired) electrons. The van der Waals surface area contributed by atoms with Crippen LogP contribution in [0.4, 0.5) is 8.78 Å². The minimum atomic E-state index is -0.731. The maximum Gasteiger partial charge on any atom is 0.145 e. The van der Waals surface area contributed by atoms with Crippen molar-refractivity contribution in [3.8, 4) is 11.1 Å². The Kier molecular flexibility index (Phi) is 8.26. The Balaban J connectivity index is 1.61. The first-order chi connectivity index (χ1) is 14.9. The van der Waals surface area contributed by atoms with E-state index in [0.717, 1.165) is 18.4 Å². The molecule has 0 N–H and O–H groups in total. The number of halogens is 3. The fourth-order valence-corrected chi connectivity index (χ4v) is 4.51. The molecule has 0 aliphatic rings. The van der Waals surface area contributed by atoms with E-state index in [0.29, 0.717) is 23.3 Å². The molecule has 3 aromatic carbocycles. The molecule has 3 atom stereocenters. The second-order valence-corrected chi connectivity index (χ2v) is 9.09. The van der Waals surface area contributed by atoms with Crippen molar-refractivity contribution in [2.24, 2.45) is 5.92 Å². The summed E-state index contributed by atoms with van der Waals surface area (Å²) >= 11 is 5.60. The van der Waals surface area contributed by atoms with Crippen molar-refractivity contribution in [2.75, 3.05) is 0 Å². The van der Waals surface area contributed by atoms with E-state index in [9.17, 15) is 8.78 Å². The van der Waals surface area contributed by atoms with Gasteiger partial charge >= 0.3 is 0 Å². The van der Waals surface area contributed by atoms with Crippen LogP contribution in [0.3, 0.4) is 0 Å². The fourth-order valence-electron chi connectivity index (χ4n) is 4.40. The lowest BCUT2D eigenvalue weighted by Gasteiger charge is -2.21. The molecule has 2 unspecified atom stereocenters. The van der Waals surface area contributed by atoms with Crippen LogP contribution in [-0.2, 0) is 0 Å². The van der Waals surface area contributed by atoms with Gasteiger partial charge in [0, 0.05) is 0 Å². The van der Waals surface area contributed by atoms with E-state index in [2.05, 4.69) is 63.2 Å². The SMILES string of the molecule is CCC(CCC(C)C[C@@H](C)c1ccccc1)c1ccc(-c2cc(F)c(Cl)c(F)c2)cc1. The van der Waals surface area contributed by atoms with Gasteiger partial charge in [-0.15, -0.1) is 0 Å². The second-order valence-electron chi connectivity index (χ2n) is 8.71. The molecule has 0 saturated heterocycles. The van der Waals surface area contributed by atoms with Crippen LogP contribution in [0, 0.1) is 17.6 Å². The van der Waals surface area contributed by atoms with Gasteiger partial charge in [-0.2, -0.15) is 0 Å². The second kappa shape index (κ2) is 10.9. The summed E-state index contributed by atoms with van der Waals surface area (Å²) in [6.45, 7) is 6.88. The Bertz CT molecular complexity index is 943. The molecule has 3 rings (SSSR count). The molecule has 0 fully saturated rings. The summed E-state index contributed by atoms with van der Waals surface area (Å²) < 4.78 is 27.6. The fraction of sp³-hybridized carbons (Fsp3) is 0.357. The Morgan fingerprint density at radius 2 is 1.39 bits per heavy atom. The zero-order chi connectivity index (χ0) is 22.4. The minimum absolute atomic E-state index is 0.456. The summed E-state index contributed by atoms with van der Waals surface area (Å²) in [6, 6.07) is 21.4. The van der Waals surface area contributed by atoms with Gasteiger partial charge in [0.1, 0.15) is 16.7 Å². The van der Waals surface area contributed by atoms with Crippen molar-refractivity contribution in [1.82, 2.24) is 0 Å². The lowest BCUT2D eigenvalue weighted by Crippen LogP contribution is -2.05. The molecule has 0 spiro atoms. The molecule has 0 aliphatic carbocycles. The minimum Gasteiger partial charge on any atom is -0.205 e. The Morgan fingerprint density at radius 3 is 1.97 bits per heavy atom. The Morgan fingerprint density at radius 1 is 0.774 bits per heavy atom. The molecule has 3 heteroatoms. The van der Waals surface area contributed by atoms with E-state index in [1.807, 2.05) is 12.1 Å². The van der Waals surface area contributed by atoms with Gasteiger partial charge in [-0.05, 0) is 71.4 Å². The van der Waals surface area contributed by atoms with Gasteiger partial charge in [-0.1, -0.05) is 93.4 Å². The first-order valence-corrected chi connectivity index (χ1v) is 11.6. The van der Waals surface area contributed by atoms with Gasteiger partial charge in [-0.3, -0.25) is 0 Å². The number of hydrogen-bond acceptors (Lipinski definition) is 0. The molecule has 0 aromatic heterocycles. The van der Waals surface area contributed by atoms with Crippen molar-refractivity contribution in [2.45, 2.75) is 58.3 Å². The van der Waals surface area contributed by atoms with Gasteiger partial charge in [0.05, 0.1) is 0 Å². The van der Waals surface area contributed by atoms with E-state index in [4.69, 9.17) is 11.6 Å². The third-order valence-corrected chi connectivity index (χ3v) is 6.69. The standard InChI is InChI=1S/C28H31ClF2/c1-4-21(11-10-19(2)16-20(3)22-8-6-5-7-9-22)23-12-14-24(15-13-23)25-17-26(30)28(29)27(31)18-25/h5-9,12-15,17-21H,4,10-11,16H2,1-3H3/t19?,20-,21?/m1/s1. The zero-order valence-corrected chi connectivity index (χ0v) is 19.3. The first-order valence-electron chi connectivity index (χ1n) is 11.2. The van der Waals surface area contributed by atoms with Crippen molar-refractivity contribution in [3.05, 3.63) is 94.5 Å². The van der Waals surface area contributed by atoms with Crippen molar-refractivity contribution in [3.63, 3.8) is 0 Å². The highest BCUT2D eigenvalue weighted by atomic mass is 35.5. The summed E-state index contributed by atoms with van der Waals surface area (Å²) in [5.74, 6) is 0.248. The highest BCUT2D eigenvalue weighted by Gasteiger charge is 2.15. The molecule has 0 saturated carbocycles. The molecule has 0 aliphatic heterocycles. The summed E-state index contributed by atoms with van der Waals surface area (Å²) in [4.78, 5) is 0. The van der Waals surface area contributed by atoms with Gasteiger partial charge in [-0.25, -0.2) is 8.78 Å². The molecule has 164 valence electrons. The van der Waals surface area contributed by atoms with E-state index in [1.165, 1.54) is 36.1 Å². The largest absolute Gasteiger partial charge is 0.205 e. The molecule has 0 nitrogen and oxygen atoms in total. The van der Waals surface area contributed by atoms with Crippen LogP contribution in [0.15, 0.2) is 66.7 Å². The molecule has 0 bridgehead atoms. The average molecular weight is 441 g/mol. The van der Waals surface area contributed by atoms with Crippen LogP contribution < -0.4 is 0 Å². The van der Waals surface area contributed by atoms with Crippen LogP contribution in [0.25, 0.3) is 11.1 Å². The summed E-state index contributed by atoms with van der Waals surface area (Å²) in [6.07, 6.45) is 4.59. The Labute approximate surface area is 190 Å². The highest BCUT2D eigenvalue weighted by Crippen LogP contribution is 2.33. The maximum absolute atomic E-state index is 13.8. The Hall–Kier alpha value is -2.19. The van der Waals surface area contributed by atoms with E-state index < -0.39 is 16.7 Å². The van der Waals surface area contributed by atoms with Crippen LogP contribution >= 0.6 is 11.6 Å². The van der Waals surface area contributed by atoms with Crippen LogP contribution in [0.2, 0.25) is 5.02 Å². The molecule has 31 heavy (non-hydrogen) atoms. The molecule has 0 heterocycles. The monoisotopic (exact) mass is 440 g/mol. The molecule has 0 amide bonds. The van der Waals surface area contributed by atoms with Crippen molar-refractivity contribution >= 4 is 11.6 Å². The lowest BCUT2D eigenvalue weighted by molar-refractivity contribution is 0.415. The third-order valence-electron chi connectivity index (χ3n) is 6.32. The predicted octanol–water partition coefficient (Wildman–Crippen LogP) is 9.39. The van der Waals surface area contributed by atoms with Crippen LogP contribution in [0.1, 0.15) is 69.4 Å². The van der Waals surface area contributed by atoms with Gasteiger partial charge in [0.2, 0.25) is 0 Å². The smallest absolute Gasteiger partial charge is 0.145 e. The normalized spacial score (nSPS) is 14.3. The van der Waals surface area contributed by atoms with Crippen molar-refractivity contribution in [1.29, 1.82) is 0 Å². The predicted molar refractivity (Wildman–Crippen MR) is 128 cm³/mol. The lowest BCUT2D eigenvalue weighted by atomic mass is 9.84. The van der Waals surface area contributed by atoms with Gasteiger partial charge < -0.3 is 0 Å². The quantitative estimate of drug-likeness (QED) is 0.290. The van der Waals surface area contributed by atoms with Gasteiger partial charge in [0.25, 0.3) is 0 Å². The number of benzene rings is 3. The molecule has 3 aromatic rings. The topological polar surface area (TPSA) is 0 Å². The summed E-state index contributed by atoms with van der Waals surface area (Å²) in [7, 11) is 0. The van der Waals surface area contributed by atoms with Crippen LogP contribution in [0.5, 0.6) is 0 Å². The van der Waals surface area contributed by atoms with Crippen molar-refractivity contribution < 1.29 is 8.78 Å². The number of rotatable bonds is 9. The maximum atomic E-state index is 13.8. The van der Waals surface area contributed by atoms with Crippen LogP contribution in [-0.4, -0.2) is 0 Å². The number of hydrogen-bond donors (Lipinski definition) is 0. The molecular formula is C28H31ClF2. The average Bonchev–Trinajstić information content (AvgIpc) is 2.78. The first kappa shape index (κ1) is 23.5. The third kappa shape index (κ3) is 6.17. The zero-order valence-electron chi connectivity index (χ0n) is 18.5.